The van der Waals surface area contributed by atoms with E-state index in [9.17, 15) is 4.79 Å². The van der Waals surface area contributed by atoms with Gasteiger partial charge in [0.2, 0.25) is 0 Å². The molecule has 3 heterocycles. The van der Waals surface area contributed by atoms with Crippen LogP contribution in [-0.2, 0) is 13.5 Å². The minimum atomic E-state index is -0.0631. The van der Waals surface area contributed by atoms with E-state index < -0.39 is 0 Å². The lowest BCUT2D eigenvalue weighted by molar-refractivity contribution is 0.0651. The molecule has 0 radical (unpaired) electrons. The van der Waals surface area contributed by atoms with E-state index in [2.05, 4.69) is 23.5 Å². The molecule has 0 spiro atoms. The Morgan fingerprint density at radius 1 is 1.60 bits per heavy atom. The fourth-order valence-electron chi connectivity index (χ4n) is 2.89. The molecule has 106 valence electrons. The Morgan fingerprint density at radius 3 is 3.05 bits per heavy atom. The third-order valence-electron chi connectivity index (χ3n) is 3.80. The zero-order chi connectivity index (χ0) is 14.3. The van der Waals surface area contributed by atoms with Crippen molar-refractivity contribution < 1.29 is 4.79 Å². The van der Waals surface area contributed by atoms with Gasteiger partial charge in [-0.2, -0.15) is 5.10 Å². The highest BCUT2D eigenvalue weighted by atomic mass is 32.1. The number of aryl methyl sites for hydroxylation is 1. The Labute approximate surface area is 122 Å². The van der Waals surface area contributed by atoms with Crippen molar-refractivity contribution in [2.45, 2.75) is 25.8 Å². The van der Waals surface area contributed by atoms with Crippen molar-refractivity contribution in [2.75, 3.05) is 12.3 Å². The Kier molecular flexibility index (Phi) is 3.25. The van der Waals surface area contributed by atoms with E-state index in [0.29, 0.717) is 11.4 Å². The SMILES string of the molecule is CCC1c2ccsc2CCN1C(=O)c1nn(C)cc1N. The number of hydrogen-bond acceptors (Lipinski definition) is 4. The van der Waals surface area contributed by atoms with Gasteiger partial charge >= 0.3 is 0 Å². The van der Waals surface area contributed by atoms with E-state index >= 15 is 0 Å². The molecule has 1 unspecified atom stereocenters. The fourth-order valence-corrected chi connectivity index (χ4v) is 3.82. The predicted molar refractivity (Wildman–Crippen MR) is 79.7 cm³/mol. The van der Waals surface area contributed by atoms with Crippen LogP contribution in [0.15, 0.2) is 17.6 Å². The maximum absolute atomic E-state index is 12.7. The van der Waals surface area contributed by atoms with Crippen molar-refractivity contribution in [3.05, 3.63) is 33.8 Å². The van der Waals surface area contributed by atoms with Crippen LogP contribution < -0.4 is 5.73 Å². The van der Waals surface area contributed by atoms with Crippen LogP contribution in [0, 0.1) is 0 Å². The molecule has 3 rings (SSSR count). The van der Waals surface area contributed by atoms with Crippen molar-refractivity contribution in [1.82, 2.24) is 14.7 Å². The lowest BCUT2D eigenvalue weighted by Gasteiger charge is -2.35. The second-order valence-corrected chi connectivity index (χ2v) is 6.08. The van der Waals surface area contributed by atoms with Crippen molar-refractivity contribution in [2.24, 2.45) is 7.05 Å². The summed E-state index contributed by atoms with van der Waals surface area (Å²) < 4.78 is 1.59. The third-order valence-corrected chi connectivity index (χ3v) is 4.80. The summed E-state index contributed by atoms with van der Waals surface area (Å²) in [6.07, 6.45) is 3.50. The number of nitrogens with two attached hydrogens (primary N) is 1. The van der Waals surface area contributed by atoms with Crippen LogP contribution in [0.3, 0.4) is 0 Å². The summed E-state index contributed by atoms with van der Waals surface area (Å²) in [5.41, 5.74) is 7.98. The van der Waals surface area contributed by atoms with Gasteiger partial charge in [0, 0.05) is 24.7 Å². The first kappa shape index (κ1) is 13.2. The smallest absolute Gasteiger partial charge is 0.277 e. The molecule has 2 aromatic rings. The number of nitrogens with zero attached hydrogens (tertiary/aromatic N) is 3. The average molecular weight is 290 g/mol. The van der Waals surface area contributed by atoms with E-state index in [-0.39, 0.29) is 11.9 Å². The molecule has 0 aromatic carbocycles. The molecule has 1 amide bonds. The number of nitrogen functional groups attached to an aromatic ring is 1. The second-order valence-electron chi connectivity index (χ2n) is 5.08. The first-order chi connectivity index (χ1) is 9.61. The van der Waals surface area contributed by atoms with Gasteiger partial charge in [0.05, 0.1) is 11.7 Å². The summed E-state index contributed by atoms with van der Waals surface area (Å²) in [5.74, 6) is -0.0631. The minimum Gasteiger partial charge on any atom is -0.396 e. The number of carbonyl (C=O) groups excluding carboxylic acids is 1. The summed E-state index contributed by atoms with van der Waals surface area (Å²) in [4.78, 5) is 16.0. The van der Waals surface area contributed by atoms with E-state index in [4.69, 9.17) is 5.73 Å². The van der Waals surface area contributed by atoms with Crippen LogP contribution >= 0.6 is 11.3 Å². The van der Waals surface area contributed by atoms with Gasteiger partial charge in [0.15, 0.2) is 5.69 Å². The molecule has 0 bridgehead atoms. The number of anilines is 1. The molecule has 2 aromatic heterocycles. The lowest BCUT2D eigenvalue weighted by atomic mass is 9.97. The van der Waals surface area contributed by atoms with Crippen LogP contribution in [0.2, 0.25) is 0 Å². The molecule has 0 saturated heterocycles. The Balaban J connectivity index is 1.94. The summed E-state index contributed by atoms with van der Waals surface area (Å²) in [6, 6.07) is 2.27. The summed E-state index contributed by atoms with van der Waals surface area (Å²) >= 11 is 1.78. The van der Waals surface area contributed by atoms with E-state index in [1.165, 1.54) is 10.4 Å². The minimum absolute atomic E-state index is 0.0631. The molecule has 20 heavy (non-hydrogen) atoms. The molecular formula is C14H18N4OS. The van der Waals surface area contributed by atoms with Crippen molar-refractivity contribution in [3.63, 3.8) is 0 Å². The molecule has 0 fully saturated rings. The molecule has 0 aliphatic carbocycles. The highest BCUT2D eigenvalue weighted by Crippen LogP contribution is 2.36. The largest absolute Gasteiger partial charge is 0.396 e. The predicted octanol–water partition coefficient (Wildman–Crippen LogP) is 2.21. The van der Waals surface area contributed by atoms with Crippen LogP contribution in [0.1, 0.15) is 40.3 Å². The molecule has 1 atom stereocenters. The Bertz CT molecular complexity index is 645. The lowest BCUT2D eigenvalue weighted by Crippen LogP contribution is -2.39. The fraction of sp³-hybridized carbons (Fsp3) is 0.429. The number of hydrogen-bond donors (Lipinski definition) is 1. The topological polar surface area (TPSA) is 64.2 Å². The average Bonchev–Trinajstić information content (AvgIpc) is 3.02. The Hall–Kier alpha value is -1.82. The normalized spacial score (nSPS) is 18.1. The standard InChI is InChI=1S/C14H18N4OS/c1-3-11-9-5-7-20-12(9)4-6-18(11)14(19)13-10(15)8-17(2)16-13/h5,7-8,11H,3-4,6,15H2,1-2H3. The van der Waals surface area contributed by atoms with Crippen molar-refractivity contribution >= 4 is 22.9 Å². The van der Waals surface area contributed by atoms with Gasteiger partial charge in [0.1, 0.15) is 0 Å². The van der Waals surface area contributed by atoms with Crippen LogP contribution in [0.25, 0.3) is 0 Å². The summed E-state index contributed by atoms with van der Waals surface area (Å²) in [5, 5.41) is 6.31. The van der Waals surface area contributed by atoms with Crippen LogP contribution in [0.4, 0.5) is 5.69 Å². The maximum atomic E-state index is 12.7. The van der Waals surface area contributed by atoms with Crippen LogP contribution in [-0.4, -0.2) is 27.1 Å². The number of aromatic nitrogens is 2. The van der Waals surface area contributed by atoms with Gasteiger partial charge in [0.25, 0.3) is 5.91 Å². The number of fused-ring (bicyclic) bond motifs is 1. The second kappa shape index (κ2) is 4.94. The number of rotatable bonds is 2. The first-order valence-corrected chi connectivity index (χ1v) is 7.66. The van der Waals surface area contributed by atoms with E-state index in [1.54, 1.807) is 29.3 Å². The van der Waals surface area contributed by atoms with E-state index in [0.717, 1.165) is 19.4 Å². The van der Waals surface area contributed by atoms with Crippen LogP contribution in [0.5, 0.6) is 0 Å². The number of carbonyl (C=O) groups is 1. The number of thiophene rings is 1. The zero-order valence-electron chi connectivity index (χ0n) is 11.7. The van der Waals surface area contributed by atoms with Gasteiger partial charge in [-0.05, 0) is 29.9 Å². The summed E-state index contributed by atoms with van der Waals surface area (Å²) in [6.45, 7) is 2.85. The molecule has 5 nitrogen and oxygen atoms in total. The monoisotopic (exact) mass is 290 g/mol. The van der Waals surface area contributed by atoms with E-state index in [1.807, 2.05) is 4.90 Å². The van der Waals surface area contributed by atoms with Crippen molar-refractivity contribution in [1.29, 1.82) is 0 Å². The first-order valence-electron chi connectivity index (χ1n) is 6.78. The van der Waals surface area contributed by atoms with Gasteiger partial charge in [-0.25, -0.2) is 0 Å². The highest BCUT2D eigenvalue weighted by Gasteiger charge is 2.32. The molecular weight excluding hydrogens is 272 g/mol. The maximum Gasteiger partial charge on any atom is 0.277 e. The Morgan fingerprint density at radius 2 is 2.40 bits per heavy atom. The molecule has 1 aliphatic heterocycles. The third kappa shape index (κ3) is 2.00. The van der Waals surface area contributed by atoms with Gasteiger partial charge in [-0.1, -0.05) is 6.92 Å². The zero-order valence-corrected chi connectivity index (χ0v) is 12.5. The summed E-state index contributed by atoms with van der Waals surface area (Å²) in [7, 11) is 1.78. The van der Waals surface area contributed by atoms with Gasteiger partial charge in [-0.15, -0.1) is 11.3 Å². The van der Waals surface area contributed by atoms with Gasteiger partial charge in [-0.3, -0.25) is 9.48 Å². The number of amides is 1. The van der Waals surface area contributed by atoms with Crippen molar-refractivity contribution in [3.8, 4) is 0 Å². The molecule has 2 N–H and O–H groups in total. The molecule has 6 heteroatoms. The quantitative estimate of drug-likeness (QED) is 0.922. The molecule has 0 saturated carbocycles. The highest BCUT2D eigenvalue weighted by molar-refractivity contribution is 7.10. The van der Waals surface area contributed by atoms with Gasteiger partial charge < -0.3 is 10.6 Å². The molecule has 1 aliphatic rings.